The van der Waals surface area contributed by atoms with Crippen molar-refractivity contribution in [1.29, 1.82) is 0 Å². The number of likely N-dealkylation sites (tertiary alicyclic amines) is 1. The molecule has 1 amide bonds. The van der Waals surface area contributed by atoms with Crippen LogP contribution in [0.5, 0.6) is 5.88 Å². The highest BCUT2D eigenvalue weighted by Gasteiger charge is 2.28. The van der Waals surface area contributed by atoms with Crippen molar-refractivity contribution in [2.24, 2.45) is 0 Å². The lowest BCUT2D eigenvalue weighted by atomic mass is 10.1. The zero-order valence-electron chi connectivity index (χ0n) is 13.8. The quantitative estimate of drug-likeness (QED) is 0.865. The Labute approximate surface area is 140 Å². The Hall–Kier alpha value is -2.50. The van der Waals surface area contributed by atoms with Gasteiger partial charge < -0.3 is 9.64 Å². The average Bonchev–Trinajstić information content (AvgIpc) is 2.97. The number of hydrogen-bond donors (Lipinski definition) is 0. The average molecular weight is 329 g/mol. The maximum absolute atomic E-state index is 12.9. The molecular formula is C18H20FN3O2. The fraction of sp³-hybridized carbons (Fsp3) is 0.389. The Morgan fingerprint density at radius 1 is 1.29 bits per heavy atom. The van der Waals surface area contributed by atoms with Crippen molar-refractivity contribution in [3.8, 4) is 5.88 Å². The number of hydrogen-bond acceptors (Lipinski definition) is 4. The number of amides is 1. The van der Waals surface area contributed by atoms with Gasteiger partial charge in [0.25, 0.3) is 0 Å². The van der Waals surface area contributed by atoms with E-state index in [0.717, 1.165) is 17.7 Å². The van der Waals surface area contributed by atoms with Crippen LogP contribution in [0.15, 0.2) is 30.3 Å². The van der Waals surface area contributed by atoms with Crippen LogP contribution in [0.2, 0.25) is 0 Å². The summed E-state index contributed by atoms with van der Waals surface area (Å²) >= 11 is 0. The molecule has 0 saturated carbocycles. The molecule has 0 N–H and O–H groups in total. The van der Waals surface area contributed by atoms with E-state index < -0.39 is 0 Å². The molecule has 1 fully saturated rings. The zero-order chi connectivity index (χ0) is 17.1. The first-order valence-electron chi connectivity index (χ1n) is 8.01. The maximum atomic E-state index is 12.9. The van der Waals surface area contributed by atoms with E-state index in [9.17, 15) is 9.18 Å². The van der Waals surface area contributed by atoms with Crippen molar-refractivity contribution in [1.82, 2.24) is 14.9 Å². The van der Waals surface area contributed by atoms with Crippen molar-refractivity contribution in [3.63, 3.8) is 0 Å². The molecule has 0 aliphatic carbocycles. The number of ether oxygens (including phenoxy) is 1. The minimum absolute atomic E-state index is 0.0303. The number of aromatic nitrogens is 2. The van der Waals surface area contributed by atoms with Crippen LogP contribution in [0.3, 0.4) is 0 Å². The summed E-state index contributed by atoms with van der Waals surface area (Å²) in [6.07, 6.45) is 0.992. The molecule has 2 aromatic rings. The molecule has 0 bridgehead atoms. The third-order valence-electron chi connectivity index (χ3n) is 4.00. The number of halogens is 1. The lowest BCUT2D eigenvalue weighted by Gasteiger charge is -2.17. The standard InChI is InChI=1S/C18H20FN3O2/c1-12-9-17(21-13(2)20-12)24-16-7-8-22(11-16)18(23)10-14-3-5-15(19)6-4-14/h3-6,9,16H,7-8,10-11H2,1-2H3. The van der Waals surface area contributed by atoms with Crippen LogP contribution in [0.1, 0.15) is 23.5 Å². The Bertz CT molecular complexity index is 713. The second-order valence-electron chi connectivity index (χ2n) is 6.07. The van der Waals surface area contributed by atoms with Gasteiger partial charge in [0.2, 0.25) is 11.8 Å². The molecule has 5 nitrogen and oxygen atoms in total. The van der Waals surface area contributed by atoms with Gasteiger partial charge in [-0.25, -0.2) is 9.37 Å². The molecule has 2 heterocycles. The van der Waals surface area contributed by atoms with Gasteiger partial charge in [0.05, 0.1) is 13.0 Å². The Balaban J connectivity index is 1.56. The van der Waals surface area contributed by atoms with Crippen LogP contribution < -0.4 is 4.74 Å². The van der Waals surface area contributed by atoms with Gasteiger partial charge in [0.15, 0.2) is 0 Å². The minimum Gasteiger partial charge on any atom is -0.472 e. The van der Waals surface area contributed by atoms with Gasteiger partial charge >= 0.3 is 0 Å². The number of carbonyl (C=O) groups is 1. The van der Waals surface area contributed by atoms with Gasteiger partial charge in [-0.05, 0) is 31.5 Å². The summed E-state index contributed by atoms with van der Waals surface area (Å²) in [4.78, 5) is 22.6. The molecule has 6 heteroatoms. The summed E-state index contributed by atoms with van der Waals surface area (Å²) in [6, 6.07) is 7.83. The maximum Gasteiger partial charge on any atom is 0.227 e. The van der Waals surface area contributed by atoms with Crippen molar-refractivity contribution in [2.45, 2.75) is 32.8 Å². The smallest absolute Gasteiger partial charge is 0.227 e. The number of carbonyl (C=O) groups excluding carboxylic acids is 1. The highest BCUT2D eigenvalue weighted by molar-refractivity contribution is 5.79. The number of aryl methyl sites for hydroxylation is 2. The largest absolute Gasteiger partial charge is 0.472 e. The fourth-order valence-corrected chi connectivity index (χ4v) is 2.85. The molecule has 0 spiro atoms. The summed E-state index contributed by atoms with van der Waals surface area (Å²) < 4.78 is 18.8. The molecule has 1 atom stereocenters. The minimum atomic E-state index is -0.295. The van der Waals surface area contributed by atoms with Crippen molar-refractivity contribution in [3.05, 3.63) is 53.2 Å². The second-order valence-corrected chi connectivity index (χ2v) is 6.07. The van der Waals surface area contributed by atoms with Crippen molar-refractivity contribution >= 4 is 5.91 Å². The first-order chi connectivity index (χ1) is 11.5. The Morgan fingerprint density at radius 3 is 2.75 bits per heavy atom. The third-order valence-corrected chi connectivity index (χ3v) is 4.00. The van der Waals surface area contributed by atoms with Crippen molar-refractivity contribution < 1.29 is 13.9 Å². The molecule has 0 radical (unpaired) electrons. The van der Waals surface area contributed by atoms with Crippen LogP contribution in [-0.4, -0.2) is 40.0 Å². The Morgan fingerprint density at radius 2 is 2.04 bits per heavy atom. The first kappa shape index (κ1) is 16.4. The first-order valence-corrected chi connectivity index (χ1v) is 8.01. The molecule has 126 valence electrons. The molecule has 1 aromatic carbocycles. The molecule has 1 aromatic heterocycles. The highest BCUT2D eigenvalue weighted by Crippen LogP contribution is 2.18. The van der Waals surface area contributed by atoms with E-state index in [1.54, 1.807) is 23.1 Å². The molecule has 1 saturated heterocycles. The van der Waals surface area contributed by atoms with E-state index in [4.69, 9.17) is 4.74 Å². The predicted octanol–water partition coefficient (Wildman–Crippen LogP) is 2.45. The van der Waals surface area contributed by atoms with Gasteiger partial charge in [0.1, 0.15) is 17.7 Å². The SMILES string of the molecule is Cc1cc(OC2CCN(C(=O)Cc3ccc(F)cc3)C2)nc(C)n1. The molecular weight excluding hydrogens is 309 g/mol. The van der Waals surface area contributed by atoms with Crippen LogP contribution in [0.4, 0.5) is 4.39 Å². The van der Waals surface area contributed by atoms with E-state index >= 15 is 0 Å². The molecule has 24 heavy (non-hydrogen) atoms. The summed E-state index contributed by atoms with van der Waals surface area (Å²) in [6.45, 7) is 4.93. The lowest BCUT2D eigenvalue weighted by Crippen LogP contribution is -2.32. The monoisotopic (exact) mass is 329 g/mol. The van der Waals surface area contributed by atoms with Gasteiger partial charge in [0, 0.05) is 24.7 Å². The second kappa shape index (κ2) is 6.95. The third kappa shape index (κ3) is 4.07. The highest BCUT2D eigenvalue weighted by atomic mass is 19.1. The number of benzene rings is 1. The summed E-state index contributed by atoms with van der Waals surface area (Å²) in [5.74, 6) is 0.962. The van der Waals surface area contributed by atoms with E-state index in [2.05, 4.69) is 9.97 Å². The van der Waals surface area contributed by atoms with E-state index in [-0.39, 0.29) is 24.2 Å². The summed E-state index contributed by atoms with van der Waals surface area (Å²) in [7, 11) is 0. The van der Waals surface area contributed by atoms with Gasteiger partial charge in [-0.3, -0.25) is 4.79 Å². The van der Waals surface area contributed by atoms with E-state index in [1.807, 2.05) is 13.8 Å². The van der Waals surface area contributed by atoms with E-state index in [0.29, 0.717) is 24.8 Å². The van der Waals surface area contributed by atoms with Crippen LogP contribution in [0.25, 0.3) is 0 Å². The van der Waals surface area contributed by atoms with Gasteiger partial charge in [-0.2, -0.15) is 4.98 Å². The normalized spacial score (nSPS) is 17.1. The zero-order valence-corrected chi connectivity index (χ0v) is 13.8. The topological polar surface area (TPSA) is 55.3 Å². The molecule has 1 aliphatic heterocycles. The molecule has 3 rings (SSSR count). The van der Waals surface area contributed by atoms with Gasteiger partial charge in [-0.15, -0.1) is 0 Å². The number of rotatable bonds is 4. The van der Waals surface area contributed by atoms with Gasteiger partial charge in [-0.1, -0.05) is 12.1 Å². The van der Waals surface area contributed by atoms with E-state index in [1.165, 1.54) is 12.1 Å². The van der Waals surface area contributed by atoms with Crippen LogP contribution >= 0.6 is 0 Å². The fourth-order valence-electron chi connectivity index (χ4n) is 2.85. The van der Waals surface area contributed by atoms with Crippen LogP contribution in [-0.2, 0) is 11.2 Å². The Kier molecular flexibility index (Phi) is 4.74. The summed E-state index contributed by atoms with van der Waals surface area (Å²) in [5, 5.41) is 0. The van der Waals surface area contributed by atoms with Crippen LogP contribution in [0, 0.1) is 19.7 Å². The van der Waals surface area contributed by atoms with Crippen molar-refractivity contribution in [2.75, 3.05) is 13.1 Å². The lowest BCUT2D eigenvalue weighted by molar-refractivity contribution is -0.129. The number of nitrogens with zero attached hydrogens (tertiary/aromatic N) is 3. The summed E-state index contributed by atoms with van der Waals surface area (Å²) in [5.41, 5.74) is 1.67. The molecule has 1 unspecified atom stereocenters. The predicted molar refractivity (Wildman–Crippen MR) is 87.2 cm³/mol. The molecule has 1 aliphatic rings.